The number of hydrogen-bond donors (Lipinski definition) is 2. The van der Waals surface area contributed by atoms with Gasteiger partial charge in [0.25, 0.3) is 0 Å². The van der Waals surface area contributed by atoms with Crippen LogP contribution >= 0.6 is 0 Å². The summed E-state index contributed by atoms with van der Waals surface area (Å²) in [4.78, 5) is 51.7. The molecule has 1 heterocycles. The van der Waals surface area contributed by atoms with Gasteiger partial charge in [0.1, 0.15) is 34.1 Å². The number of hydrogen-bond acceptors (Lipinski definition) is 10. The Morgan fingerprint density at radius 1 is 0.694 bits per heavy atom. The summed E-state index contributed by atoms with van der Waals surface area (Å²) >= 11 is 0. The molecule has 0 spiro atoms. The average molecular weight is 502 g/mol. The van der Waals surface area contributed by atoms with Crippen molar-refractivity contribution in [2.24, 2.45) is 0 Å². The van der Waals surface area contributed by atoms with E-state index in [0.29, 0.717) is 0 Å². The highest BCUT2D eigenvalue weighted by Gasteiger charge is 2.27. The molecule has 0 bridgehead atoms. The minimum atomic E-state index is -0.747. The normalized spacial score (nSPS) is 13.1. The first kappa shape index (κ1) is 26.1. The molecule has 3 rings (SSSR count). The third kappa shape index (κ3) is 6.34. The van der Waals surface area contributed by atoms with E-state index in [4.69, 9.17) is 18.9 Å². The van der Waals surface area contributed by atoms with Crippen LogP contribution in [0.25, 0.3) is 0 Å². The summed E-state index contributed by atoms with van der Waals surface area (Å²) in [6.07, 6.45) is -1.39. The van der Waals surface area contributed by atoms with E-state index in [1.807, 2.05) is 0 Å². The first-order valence-corrected chi connectivity index (χ1v) is 11.2. The number of nitrogens with zero attached hydrogens (tertiary/aromatic N) is 2. The van der Waals surface area contributed by atoms with Crippen LogP contribution in [0, 0.1) is 0 Å². The van der Waals surface area contributed by atoms with Crippen LogP contribution in [0.15, 0.2) is 36.4 Å². The van der Waals surface area contributed by atoms with Gasteiger partial charge in [-0.25, -0.2) is 19.2 Å². The van der Waals surface area contributed by atoms with Crippen molar-refractivity contribution in [2.45, 2.75) is 13.8 Å². The van der Waals surface area contributed by atoms with Crippen LogP contribution in [0.5, 0.6) is 23.0 Å². The molecule has 12 heteroatoms. The molecule has 0 saturated carbocycles. The third-order valence-corrected chi connectivity index (χ3v) is 5.13. The van der Waals surface area contributed by atoms with Crippen LogP contribution in [-0.2, 0) is 9.47 Å². The van der Waals surface area contributed by atoms with Gasteiger partial charge in [0.15, 0.2) is 0 Å². The number of carbonyl (C=O) groups is 4. The molecular weight excluding hydrogens is 476 g/mol. The lowest BCUT2D eigenvalue weighted by Crippen LogP contribution is -2.52. The van der Waals surface area contributed by atoms with Gasteiger partial charge >= 0.3 is 24.1 Å². The summed E-state index contributed by atoms with van der Waals surface area (Å²) < 4.78 is 20.3. The fourth-order valence-electron chi connectivity index (χ4n) is 3.30. The van der Waals surface area contributed by atoms with Crippen LogP contribution < -0.4 is 9.47 Å². The van der Waals surface area contributed by atoms with Gasteiger partial charge in [-0.1, -0.05) is 0 Å². The Hall–Kier alpha value is -4.48. The number of phenolic OH excluding ortho intramolecular Hbond substituents is 2. The summed E-state index contributed by atoms with van der Waals surface area (Å²) in [6.45, 7) is 4.10. The second-order valence-electron chi connectivity index (χ2n) is 7.51. The Balaban J connectivity index is 1.55. The maximum atomic E-state index is 12.5. The van der Waals surface area contributed by atoms with Gasteiger partial charge in [0, 0.05) is 26.2 Å². The van der Waals surface area contributed by atoms with E-state index in [1.54, 1.807) is 13.8 Å². The van der Waals surface area contributed by atoms with E-state index in [0.717, 1.165) is 0 Å². The molecule has 2 amide bonds. The van der Waals surface area contributed by atoms with Gasteiger partial charge in [-0.3, -0.25) is 0 Å². The monoisotopic (exact) mass is 502 g/mol. The van der Waals surface area contributed by atoms with Crippen molar-refractivity contribution >= 4 is 24.1 Å². The van der Waals surface area contributed by atoms with Gasteiger partial charge in [-0.15, -0.1) is 0 Å². The van der Waals surface area contributed by atoms with Crippen molar-refractivity contribution in [1.29, 1.82) is 0 Å². The quantitative estimate of drug-likeness (QED) is 0.564. The van der Waals surface area contributed by atoms with Crippen LogP contribution in [0.2, 0.25) is 0 Å². The lowest BCUT2D eigenvalue weighted by molar-refractivity contribution is 0.0512. The van der Waals surface area contributed by atoms with Crippen molar-refractivity contribution in [3.05, 3.63) is 47.5 Å². The Morgan fingerprint density at radius 2 is 1.06 bits per heavy atom. The molecular formula is C24H26N2O10. The number of piperazine rings is 1. The molecule has 192 valence electrons. The molecule has 12 nitrogen and oxygen atoms in total. The average Bonchev–Trinajstić information content (AvgIpc) is 2.86. The van der Waals surface area contributed by atoms with Crippen molar-refractivity contribution in [2.75, 3.05) is 39.4 Å². The lowest BCUT2D eigenvalue weighted by Gasteiger charge is -2.33. The SMILES string of the molecule is CCOC(=O)c1cc(OC(=O)N2CCN(C(=O)Oc3ccc(O)c(C(=O)OCC)c3)CC2)ccc1O. The molecule has 1 saturated heterocycles. The summed E-state index contributed by atoms with van der Waals surface area (Å²) in [5.74, 6) is -2.00. The molecule has 36 heavy (non-hydrogen) atoms. The van der Waals surface area contributed by atoms with E-state index in [2.05, 4.69) is 0 Å². The van der Waals surface area contributed by atoms with Gasteiger partial charge in [-0.05, 0) is 50.2 Å². The summed E-state index contributed by atoms with van der Waals surface area (Å²) in [5, 5.41) is 19.7. The summed E-state index contributed by atoms with van der Waals surface area (Å²) in [5.41, 5.74) is -0.259. The van der Waals surface area contributed by atoms with Gasteiger partial charge in [0.2, 0.25) is 0 Å². The third-order valence-electron chi connectivity index (χ3n) is 5.13. The molecule has 0 radical (unpaired) electrons. The molecule has 0 aromatic heterocycles. The smallest absolute Gasteiger partial charge is 0.415 e. The molecule has 0 aliphatic carbocycles. The molecule has 0 unspecified atom stereocenters. The molecule has 1 aliphatic heterocycles. The van der Waals surface area contributed by atoms with Gasteiger partial charge in [-0.2, -0.15) is 0 Å². The number of aromatic hydroxyl groups is 2. The minimum Gasteiger partial charge on any atom is -0.507 e. The molecule has 2 N–H and O–H groups in total. The first-order chi connectivity index (χ1) is 17.2. The number of amides is 2. The van der Waals surface area contributed by atoms with E-state index in [9.17, 15) is 29.4 Å². The highest BCUT2D eigenvalue weighted by atomic mass is 16.6. The number of ether oxygens (including phenoxy) is 4. The topological polar surface area (TPSA) is 152 Å². The van der Waals surface area contributed by atoms with Crippen LogP contribution in [-0.4, -0.2) is 83.5 Å². The van der Waals surface area contributed by atoms with Crippen LogP contribution in [0.1, 0.15) is 34.6 Å². The second kappa shape index (κ2) is 11.8. The maximum absolute atomic E-state index is 12.5. The largest absolute Gasteiger partial charge is 0.507 e. The Kier molecular flexibility index (Phi) is 8.55. The van der Waals surface area contributed by atoms with Crippen LogP contribution in [0.4, 0.5) is 9.59 Å². The van der Waals surface area contributed by atoms with Gasteiger partial charge < -0.3 is 39.0 Å². The highest BCUT2D eigenvalue weighted by molar-refractivity contribution is 5.93. The second-order valence-corrected chi connectivity index (χ2v) is 7.51. The summed E-state index contributed by atoms with van der Waals surface area (Å²) in [7, 11) is 0. The van der Waals surface area contributed by atoms with E-state index in [1.165, 1.54) is 46.2 Å². The predicted molar refractivity (Wildman–Crippen MR) is 123 cm³/mol. The molecule has 1 fully saturated rings. The zero-order valence-corrected chi connectivity index (χ0v) is 19.8. The van der Waals surface area contributed by atoms with Gasteiger partial charge in [0.05, 0.1) is 13.2 Å². The predicted octanol–water partition coefficient (Wildman–Crippen LogP) is 2.77. The Labute approximate surface area is 206 Å². The van der Waals surface area contributed by atoms with Crippen molar-refractivity contribution in [3.63, 3.8) is 0 Å². The Bertz CT molecular complexity index is 1050. The molecule has 0 atom stereocenters. The number of rotatable bonds is 6. The number of carbonyl (C=O) groups excluding carboxylic acids is 4. The number of phenols is 2. The fourth-order valence-corrected chi connectivity index (χ4v) is 3.30. The molecule has 2 aromatic rings. The highest BCUT2D eigenvalue weighted by Crippen LogP contribution is 2.26. The molecule has 1 aliphatic rings. The number of esters is 2. The number of benzene rings is 2. The van der Waals surface area contributed by atoms with Crippen molar-refractivity contribution in [1.82, 2.24) is 9.80 Å². The zero-order chi connectivity index (χ0) is 26.2. The first-order valence-electron chi connectivity index (χ1n) is 11.2. The summed E-state index contributed by atoms with van der Waals surface area (Å²) in [6, 6.07) is 7.54. The van der Waals surface area contributed by atoms with E-state index < -0.39 is 24.1 Å². The van der Waals surface area contributed by atoms with Crippen molar-refractivity contribution in [3.8, 4) is 23.0 Å². The van der Waals surface area contributed by atoms with Crippen LogP contribution in [0.3, 0.4) is 0 Å². The lowest BCUT2D eigenvalue weighted by atomic mass is 10.2. The minimum absolute atomic E-state index is 0.0485. The fraction of sp³-hybridized carbons (Fsp3) is 0.333. The standard InChI is InChI=1S/C24H26N2O10/c1-3-33-21(29)17-13-15(5-7-19(17)27)35-23(31)25-9-11-26(12-10-25)24(32)36-16-6-8-20(28)18(14-16)22(30)34-4-2/h5-8,13-14,27-28H,3-4,9-12H2,1-2H3. The van der Waals surface area contributed by atoms with E-state index >= 15 is 0 Å². The Morgan fingerprint density at radius 3 is 1.39 bits per heavy atom. The van der Waals surface area contributed by atoms with E-state index in [-0.39, 0.29) is 73.5 Å². The maximum Gasteiger partial charge on any atom is 0.415 e. The molecule has 2 aromatic carbocycles. The zero-order valence-electron chi connectivity index (χ0n) is 19.8. The van der Waals surface area contributed by atoms with Crippen molar-refractivity contribution < 1.29 is 48.3 Å².